The maximum atomic E-state index is 13.0. The molecule has 2 heterocycles. The number of hydrogen-bond acceptors (Lipinski definition) is 4. The molecular weight excluding hydrogens is 420 g/mol. The summed E-state index contributed by atoms with van der Waals surface area (Å²) in [5, 5.41) is 3.45. The molecule has 4 rings (SSSR count). The van der Waals surface area contributed by atoms with Gasteiger partial charge in [-0.3, -0.25) is 19.8 Å². The van der Waals surface area contributed by atoms with Gasteiger partial charge in [0.2, 0.25) is 11.8 Å². The number of hydrogen-bond donors (Lipinski definition) is 2. The summed E-state index contributed by atoms with van der Waals surface area (Å²) < 4.78 is 0. The molecule has 0 bridgehead atoms. The van der Waals surface area contributed by atoms with Gasteiger partial charge in [-0.05, 0) is 37.8 Å². The summed E-state index contributed by atoms with van der Waals surface area (Å²) in [6, 6.07) is 18.4. The zero-order valence-corrected chi connectivity index (χ0v) is 18.8. The Balaban J connectivity index is 1.37. The van der Waals surface area contributed by atoms with Crippen LogP contribution in [0.5, 0.6) is 0 Å². The molecule has 33 heavy (non-hydrogen) atoms. The molecule has 0 spiro atoms. The summed E-state index contributed by atoms with van der Waals surface area (Å²) in [4.78, 5) is 52.6. The van der Waals surface area contributed by atoms with E-state index in [1.807, 2.05) is 67.6 Å². The van der Waals surface area contributed by atoms with Crippen LogP contribution in [0.25, 0.3) is 0 Å². The Kier molecular flexibility index (Phi) is 6.18. The molecule has 2 N–H and O–H groups in total. The summed E-state index contributed by atoms with van der Waals surface area (Å²) in [5.74, 6) is -1.78. The van der Waals surface area contributed by atoms with Gasteiger partial charge in [-0.15, -0.1) is 0 Å². The second-order valence-corrected chi connectivity index (χ2v) is 8.90. The highest BCUT2D eigenvalue weighted by Crippen LogP contribution is 2.29. The Bertz CT molecular complexity index is 1060. The smallest absolute Gasteiger partial charge is 0.335 e. The molecular formula is C25H28N4O4. The van der Waals surface area contributed by atoms with Crippen LogP contribution in [0.15, 0.2) is 60.7 Å². The minimum absolute atomic E-state index is 0.0396. The van der Waals surface area contributed by atoms with Crippen molar-refractivity contribution in [2.75, 3.05) is 6.54 Å². The number of hydrazine groups is 1. The predicted molar refractivity (Wildman–Crippen MR) is 121 cm³/mol. The molecule has 172 valence electrons. The van der Waals surface area contributed by atoms with Crippen LogP contribution in [0.1, 0.15) is 43.9 Å². The van der Waals surface area contributed by atoms with Crippen LogP contribution in [0.3, 0.4) is 0 Å². The number of benzene rings is 2. The van der Waals surface area contributed by atoms with Crippen LogP contribution >= 0.6 is 0 Å². The molecule has 5 amide bonds. The Morgan fingerprint density at radius 2 is 1.73 bits per heavy atom. The summed E-state index contributed by atoms with van der Waals surface area (Å²) in [5.41, 5.74) is 3.37. The number of urea groups is 1. The van der Waals surface area contributed by atoms with Crippen LogP contribution in [0.2, 0.25) is 0 Å². The van der Waals surface area contributed by atoms with Crippen molar-refractivity contribution < 1.29 is 19.2 Å². The number of carbonyl (C=O) groups excluding carboxylic acids is 4. The number of amides is 5. The van der Waals surface area contributed by atoms with Crippen LogP contribution in [-0.2, 0) is 20.8 Å². The number of aryl methyl sites for hydroxylation is 1. The minimum Gasteiger partial charge on any atom is -0.335 e. The molecule has 2 aliphatic heterocycles. The van der Waals surface area contributed by atoms with Gasteiger partial charge < -0.3 is 10.2 Å². The van der Waals surface area contributed by atoms with Gasteiger partial charge in [0.05, 0.1) is 12.0 Å². The first-order valence-electron chi connectivity index (χ1n) is 11.1. The molecule has 0 aliphatic carbocycles. The molecule has 8 nitrogen and oxygen atoms in total. The number of likely N-dealkylation sites (tertiary alicyclic amines) is 1. The number of imide groups is 1. The summed E-state index contributed by atoms with van der Waals surface area (Å²) >= 11 is 0. The van der Waals surface area contributed by atoms with Gasteiger partial charge in [0, 0.05) is 13.0 Å². The molecule has 2 aliphatic rings. The highest BCUT2D eigenvalue weighted by atomic mass is 16.2. The van der Waals surface area contributed by atoms with Crippen LogP contribution in [0.4, 0.5) is 4.79 Å². The van der Waals surface area contributed by atoms with E-state index in [-0.39, 0.29) is 24.9 Å². The Morgan fingerprint density at radius 1 is 1.09 bits per heavy atom. The highest BCUT2D eigenvalue weighted by Gasteiger charge is 2.49. The van der Waals surface area contributed by atoms with Crippen molar-refractivity contribution in [1.29, 1.82) is 0 Å². The minimum atomic E-state index is -1.11. The van der Waals surface area contributed by atoms with Gasteiger partial charge >= 0.3 is 6.03 Å². The van der Waals surface area contributed by atoms with Crippen molar-refractivity contribution in [3.8, 4) is 0 Å². The number of rotatable bonds is 7. The second kappa shape index (κ2) is 9.05. The largest absolute Gasteiger partial charge is 0.344 e. The molecule has 0 radical (unpaired) electrons. The van der Waals surface area contributed by atoms with Gasteiger partial charge in [-0.2, -0.15) is 5.01 Å². The fourth-order valence-electron chi connectivity index (χ4n) is 4.39. The van der Waals surface area contributed by atoms with Crippen molar-refractivity contribution in [1.82, 2.24) is 20.7 Å². The van der Waals surface area contributed by atoms with Gasteiger partial charge in [0.25, 0.3) is 5.91 Å². The van der Waals surface area contributed by atoms with Crippen molar-refractivity contribution in [3.63, 3.8) is 0 Å². The van der Waals surface area contributed by atoms with Gasteiger partial charge in [-0.25, -0.2) is 4.79 Å². The summed E-state index contributed by atoms with van der Waals surface area (Å²) in [7, 11) is 0. The lowest BCUT2D eigenvalue weighted by atomic mass is 9.93. The SMILES string of the molecule is C[C@H](c1ccccc1)N1C[C@H](C(=O)NN2C(=O)N[C@](C)(CCc3ccccc3)C2=O)CC1=O. The zero-order chi connectivity index (χ0) is 23.6. The molecule has 0 unspecified atom stereocenters. The molecule has 0 aromatic heterocycles. The van der Waals surface area contributed by atoms with Crippen molar-refractivity contribution >= 4 is 23.8 Å². The highest BCUT2D eigenvalue weighted by molar-refractivity contribution is 6.08. The first kappa shape index (κ1) is 22.5. The van der Waals surface area contributed by atoms with E-state index < -0.39 is 29.3 Å². The lowest BCUT2D eigenvalue weighted by Crippen LogP contribution is -2.50. The molecule has 2 saturated heterocycles. The predicted octanol–water partition coefficient (Wildman–Crippen LogP) is 2.57. The summed E-state index contributed by atoms with van der Waals surface area (Å²) in [6.07, 6.45) is 1.05. The maximum absolute atomic E-state index is 13.0. The van der Waals surface area contributed by atoms with E-state index in [0.717, 1.165) is 16.1 Å². The van der Waals surface area contributed by atoms with E-state index in [2.05, 4.69) is 10.7 Å². The van der Waals surface area contributed by atoms with E-state index in [1.54, 1.807) is 11.8 Å². The number of carbonyl (C=O) groups is 4. The van der Waals surface area contributed by atoms with Crippen molar-refractivity contribution in [2.45, 2.75) is 44.7 Å². The second-order valence-electron chi connectivity index (χ2n) is 8.90. The molecule has 2 aromatic rings. The fraction of sp³-hybridized carbons (Fsp3) is 0.360. The lowest BCUT2D eigenvalue weighted by Gasteiger charge is -2.25. The first-order chi connectivity index (χ1) is 15.8. The quantitative estimate of drug-likeness (QED) is 0.636. The molecule has 2 aromatic carbocycles. The van der Waals surface area contributed by atoms with E-state index in [1.165, 1.54) is 0 Å². The van der Waals surface area contributed by atoms with E-state index >= 15 is 0 Å². The third-order valence-corrected chi connectivity index (χ3v) is 6.52. The topological polar surface area (TPSA) is 98.8 Å². The van der Waals surface area contributed by atoms with E-state index in [0.29, 0.717) is 12.8 Å². The molecule has 0 saturated carbocycles. The molecule has 8 heteroatoms. The van der Waals surface area contributed by atoms with Gasteiger partial charge in [0.15, 0.2) is 0 Å². The maximum Gasteiger partial charge on any atom is 0.344 e. The normalized spacial score (nSPS) is 23.6. The number of nitrogens with zero attached hydrogens (tertiary/aromatic N) is 2. The molecule has 3 atom stereocenters. The van der Waals surface area contributed by atoms with Crippen molar-refractivity contribution in [2.24, 2.45) is 5.92 Å². The fourth-order valence-corrected chi connectivity index (χ4v) is 4.39. The standard InChI is InChI=1S/C25H28N4O4/c1-17(19-11-7-4-8-12-19)28-16-20(15-21(28)30)22(31)27-29-23(32)25(2,26-24(29)33)14-13-18-9-5-3-6-10-18/h3-12,17,20H,13-16H2,1-2H3,(H,26,33)(H,27,31)/t17-,20-,25-/m1/s1. The average molecular weight is 449 g/mol. The van der Waals surface area contributed by atoms with Crippen LogP contribution < -0.4 is 10.7 Å². The average Bonchev–Trinajstić information content (AvgIpc) is 3.31. The van der Waals surface area contributed by atoms with E-state index in [9.17, 15) is 19.2 Å². The van der Waals surface area contributed by atoms with Gasteiger partial charge in [0.1, 0.15) is 5.54 Å². The first-order valence-corrected chi connectivity index (χ1v) is 11.1. The van der Waals surface area contributed by atoms with Crippen molar-refractivity contribution in [3.05, 3.63) is 71.8 Å². The third-order valence-electron chi connectivity index (χ3n) is 6.52. The molecule has 2 fully saturated rings. The lowest BCUT2D eigenvalue weighted by molar-refractivity contribution is -0.140. The zero-order valence-electron chi connectivity index (χ0n) is 18.8. The van der Waals surface area contributed by atoms with Crippen LogP contribution in [-0.4, -0.2) is 45.7 Å². The Labute approximate surface area is 192 Å². The Hall–Kier alpha value is -3.68. The monoisotopic (exact) mass is 448 g/mol. The van der Waals surface area contributed by atoms with Crippen LogP contribution in [0, 0.1) is 5.92 Å². The Morgan fingerprint density at radius 3 is 2.39 bits per heavy atom. The number of nitrogens with one attached hydrogen (secondary N) is 2. The summed E-state index contributed by atoms with van der Waals surface area (Å²) in [6.45, 7) is 3.81. The van der Waals surface area contributed by atoms with E-state index in [4.69, 9.17) is 0 Å². The van der Waals surface area contributed by atoms with Gasteiger partial charge in [-0.1, -0.05) is 60.7 Å². The third kappa shape index (κ3) is 4.60.